The van der Waals surface area contributed by atoms with Crippen LogP contribution in [0.3, 0.4) is 0 Å². The Morgan fingerprint density at radius 1 is 0.629 bits per heavy atom. The monoisotopic (exact) mass is 490 g/mol. The van der Waals surface area contributed by atoms with Crippen LogP contribution in [0.4, 0.5) is 0 Å². The summed E-state index contributed by atoms with van der Waals surface area (Å²) < 4.78 is 0. The van der Waals surface area contributed by atoms with Gasteiger partial charge in [-0.05, 0) is 48.2 Å². The molecule has 0 aliphatic heterocycles. The van der Waals surface area contributed by atoms with Crippen molar-refractivity contribution in [2.75, 3.05) is 0 Å². The summed E-state index contributed by atoms with van der Waals surface area (Å²) in [6, 6.07) is 30.2. The molecule has 0 fully saturated rings. The lowest BCUT2D eigenvalue weighted by molar-refractivity contribution is 0.846. The van der Waals surface area contributed by atoms with Gasteiger partial charge in [0.1, 0.15) is 0 Å². The Hall–Kier alpha value is -2.69. The summed E-state index contributed by atoms with van der Waals surface area (Å²) >= 11 is 0. The second-order valence-electron chi connectivity index (χ2n) is 11.6. The van der Waals surface area contributed by atoms with Gasteiger partial charge in [-0.25, -0.2) is 0 Å². The lowest BCUT2D eigenvalue weighted by Crippen LogP contribution is -2.65. The molecule has 2 atom stereocenters. The van der Waals surface area contributed by atoms with E-state index < -0.39 is 16.1 Å². The molecule has 0 amide bonds. The van der Waals surface area contributed by atoms with Crippen LogP contribution in [-0.2, 0) is 0 Å². The summed E-state index contributed by atoms with van der Waals surface area (Å²) in [6.45, 7) is 17.0. The fraction of sp³-hybridized carbons (Fsp3) is 0.273. The zero-order valence-corrected chi connectivity index (χ0v) is 24.3. The number of hydrogen-bond donors (Lipinski definition) is 0. The number of allylic oxidation sites excluding steroid dienone is 5. The second kappa shape index (κ2) is 8.76. The Balaban J connectivity index is 1.92. The fourth-order valence-electron chi connectivity index (χ4n) is 6.92. The molecule has 3 aromatic rings. The molecule has 0 radical (unpaired) electrons. The van der Waals surface area contributed by atoms with E-state index in [0.717, 1.165) is 0 Å². The SMILES string of the molecule is CC1=CC(C)=C([Si](c2ccccc2)(c2ccccc2)C2C(C)=Cc3c2cccc3[Si](C)(C)C)C1C. The molecule has 2 unspecified atom stereocenters. The molecule has 0 aromatic heterocycles. The van der Waals surface area contributed by atoms with Crippen molar-refractivity contribution >= 4 is 37.8 Å². The topological polar surface area (TPSA) is 0 Å². The normalized spacial score (nSPS) is 20.1. The highest BCUT2D eigenvalue weighted by Gasteiger charge is 2.53. The van der Waals surface area contributed by atoms with Crippen molar-refractivity contribution in [3.63, 3.8) is 0 Å². The molecule has 2 aliphatic rings. The first-order valence-electron chi connectivity index (χ1n) is 13.0. The third-order valence-corrected chi connectivity index (χ3v) is 16.2. The summed E-state index contributed by atoms with van der Waals surface area (Å²) in [6.07, 6.45) is 5.01. The first-order chi connectivity index (χ1) is 16.7. The van der Waals surface area contributed by atoms with Crippen LogP contribution in [0, 0.1) is 5.92 Å². The van der Waals surface area contributed by atoms with Crippen LogP contribution < -0.4 is 15.6 Å². The largest absolute Gasteiger partial charge is 0.156 e. The molecule has 0 nitrogen and oxygen atoms in total. The van der Waals surface area contributed by atoms with E-state index >= 15 is 0 Å². The van der Waals surface area contributed by atoms with Gasteiger partial charge in [-0.15, -0.1) is 0 Å². The maximum Gasteiger partial charge on any atom is 0.156 e. The summed E-state index contributed by atoms with van der Waals surface area (Å²) in [5.41, 5.74) is 7.98. The molecule has 3 aromatic carbocycles. The van der Waals surface area contributed by atoms with Crippen LogP contribution >= 0.6 is 0 Å². The van der Waals surface area contributed by atoms with E-state index in [1.165, 1.54) is 32.7 Å². The predicted molar refractivity (Wildman–Crippen MR) is 159 cm³/mol. The lowest BCUT2D eigenvalue weighted by atomic mass is 10.1. The van der Waals surface area contributed by atoms with Gasteiger partial charge in [-0.1, -0.05) is 145 Å². The quantitative estimate of drug-likeness (QED) is 0.338. The molecule has 2 heteroatoms. The van der Waals surface area contributed by atoms with Crippen LogP contribution in [0.15, 0.2) is 107 Å². The molecule has 0 N–H and O–H groups in total. The Labute approximate surface area is 214 Å². The van der Waals surface area contributed by atoms with Crippen LogP contribution in [0.1, 0.15) is 44.4 Å². The van der Waals surface area contributed by atoms with E-state index in [4.69, 9.17) is 0 Å². The van der Waals surface area contributed by atoms with Crippen molar-refractivity contribution < 1.29 is 0 Å². The van der Waals surface area contributed by atoms with Crippen LogP contribution in [0.25, 0.3) is 6.08 Å². The highest BCUT2D eigenvalue weighted by molar-refractivity contribution is 7.09. The third-order valence-electron chi connectivity index (χ3n) is 8.39. The smallest absolute Gasteiger partial charge is 0.0669 e. The average Bonchev–Trinajstić information content (AvgIpc) is 3.31. The zero-order valence-electron chi connectivity index (χ0n) is 22.3. The molecule has 178 valence electrons. The predicted octanol–water partition coefficient (Wildman–Crippen LogP) is 6.99. The van der Waals surface area contributed by atoms with E-state index in [9.17, 15) is 0 Å². The first kappa shape index (κ1) is 24.0. The van der Waals surface area contributed by atoms with Crippen molar-refractivity contribution in [1.29, 1.82) is 0 Å². The molecule has 0 bridgehead atoms. The minimum atomic E-state index is -2.47. The van der Waals surface area contributed by atoms with Gasteiger partial charge in [-0.3, -0.25) is 0 Å². The number of rotatable bonds is 5. The Bertz CT molecular complexity index is 1310. The molecule has 35 heavy (non-hydrogen) atoms. The van der Waals surface area contributed by atoms with Gasteiger partial charge in [0.05, 0.1) is 8.07 Å². The second-order valence-corrected chi connectivity index (χ2v) is 20.6. The van der Waals surface area contributed by atoms with E-state index in [-0.39, 0.29) is 0 Å². The highest BCUT2D eigenvalue weighted by Crippen LogP contribution is 2.49. The molecular formula is C33H38Si2. The lowest BCUT2D eigenvalue weighted by Gasteiger charge is -2.44. The highest BCUT2D eigenvalue weighted by atomic mass is 28.3. The third kappa shape index (κ3) is 3.70. The molecule has 0 saturated carbocycles. The van der Waals surface area contributed by atoms with Crippen molar-refractivity contribution in [2.45, 2.75) is 52.9 Å². The Kier molecular flexibility index (Phi) is 6.01. The zero-order chi connectivity index (χ0) is 25.0. The molecule has 5 rings (SSSR count). The Morgan fingerprint density at radius 3 is 1.69 bits per heavy atom. The minimum Gasteiger partial charge on any atom is -0.0669 e. The van der Waals surface area contributed by atoms with Crippen LogP contribution in [0.5, 0.6) is 0 Å². The van der Waals surface area contributed by atoms with E-state index in [2.05, 4.69) is 138 Å². The standard InChI is InChI=1S/C33H38Si2/c1-23-21-24(2)32(26(23)4)35(27-15-10-8-11-16-27,28-17-12-9-13-18-28)33-25(3)22-30-29(33)19-14-20-31(30)34(5,6)7/h8-22,26,33H,1-7H3. The first-order valence-corrected chi connectivity index (χ1v) is 18.6. The number of benzene rings is 3. The molecule has 0 spiro atoms. The summed E-state index contributed by atoms with van der Waals surface area (Å²) in [5, 5.41) is 6.34. The van der Waals surface area contributed by atoms with Gasteiger partial charge < -0.3 is 0 Å². The van der Waals surface area contributed by atoms with Crippen molar-refractivity contribution in [1.82, 2.24) is 0 Å². The van der Waals surface area contributed by atoms with Gasteiger partial charge in [0.25, 0.3) is 0 Å². The van der Waals surface area contributed by atoms with Crippen LogP contribution in [-0.4, -0.2) is 16.1 Å². The number of fused-ring (bicyclic) bond motifs is 1. The maximum absolute atomic E-state index is 2.55. The van der Waals surface area contributed by atoms with Gasteiger partial charge >= 0.3 is 0 Å². The van der Waals surface area contributed by atoms with Crippen molar-refractivity contribution in [3.8, 4) is 0 Å². The van der Waals surface area contributed by atoms with Gasteiger partial charge in [-0.2, -0.15) is 0 Å². The fourth-order valence-corrected chi connectivity index (χ4v) is 15.0. The van der Waals surface area contributed by atoms with Crippen molar-refractivity contribution in [2.24, 2.45) is 5.92 Å². The number of hydrogen-bond acceptors (Lipinski definition) is 0. The molecule has 0 saturated heterocycles. The average molecular weight is 491 g/mol. The summed E-state index contributed by atoms with van der Waals surface area (Å²) in [4.78, 5) is 0. The van der Waals surface area contributed by atoms with Crippen LogP contribution in [0.2, 0.25) is 19.6 Å². The summed E-state index contributed by atoms with van der Waals surface area (Å²) in [5.74, 6) is 0.458. The van der Waals surface area contributed by atoms with Gasteiger partial charge in [0, 0.05) is 5.54 Å². The van der Waals surface area contributed by atoms with Gasteiger partial charge in [0.15, 0.2) is 8.07 Å². The molecule has 0 heterocycles. The minimum absolute atomic E-state index is 0.394. The Morgan fingerprint density at radius 2 is 1.20 bits per heavy atom. The summed E-state index contributed by atoms with van der Waals surface area (Å²) in [7, 11) is -3.96. The van der Waals surface area contributed by atoms with Crippen molar-refractivity contribution in [3.05, 3.63) is 118 Å². The molecular weight excluding hydrogens is 453 g/mol. The van der Waals surface area contributed by atoms with E-state index in [1.807, 2.05) is 0 Å². The maximum atomic E-state index is 2.55. The molecule has 2 aliphatic carbocycles. The van der Waals surface area contributed by atoms with E-state index in [1.54, 1.807) is 15.9 Å². The van der Waals surface area contributed by atoms with E-state index in [0.29, 0.717) is 11.5 Å². The van der Waals surface area contributed by atoms with Gasteiger partial charge in [0.2, 0.25) is 0 Å².